The van der Waals surface area contributed by atoms with E-state index in [0.717, 1.165) is 36.9 Å². The van der Waals surface area contributed by atoms with E-state index in [0.29, 0.717) is 18.7 Å². The van der Waals surface area contributed by atoms with Crippen molar-refractivity contribution < 1.29 is 13.2 Å². The van der Waals surface area contributed by atoms with Crippen LogP contribution in [0, 0.1) is 5.92 Å². The van der Waals surface area contributed by atoms with Crippen molar-refractivity contribution in [1.82, 2.24) is 14.5 Å². The molecule has 0 radical (unpaired) electrons. The summed E-state index contributed by atoms with van der Waals surface area (Å²) in [7, 11) is -3.68. The lowest BCUT2D eigenvalue weighted by molar-refractivity contribution is 0.0759. The van der Waals surface area contributed by atoms with Crippen LogP contribution in [0.4, 0.5) is 0 Å². The normalized spacial score (nSPS) is 19.1. The predicted molar refractivity (Wildman–Crippen MR) is 128 cm³/mol. The molecule has 2 heterocycles. The first kappa shape index (κ1) is 23.4. The van der Waals surface area contributed by atoms with Gasteiger partial charge in [0, 0.05) is 43.2 Å². The molecule has 2 aliphatic rings. The lowest BCUT2D eigenvalue weighted by Crippen LogP contribution is -2.37. The molecule has 1 aliphatic carbocycles. The van der Waals surface area contributed by atoms with E-state index < -0.39 is 10.0 Å². The second kappa shape index (κ2) is 10.9. The highest BCUT2D eigenvalue weighted by Crippen LogP contribution is 2.25. The Morgan fingerprint density at radius 2 is 1.84 bits per heavy atom. The van der Waals surface area contributed by atoms with Gasteiger partial charge in [-0.15, -0.1) is 11.3 Å². The summed E-state index contributed by atoms with van der Waals surface area (Å²) in [5.74, 6) is 0.717. The van der Waals surface area contributed by atoms with E-state index in [1.54, 1.807) is 18.2 Å². The topological polar surface area (TPSA) is 69.7 Å². The summed E-state index contributed by atoms with van der Waals surface area (Å²) in [6.45, 7) is 4.73. The summed E-state index contributed by atoms with van der Waals surface area (Å²) in [5, 5.41) is 1.92. The largest absolute Gasteiger partial charge is 0.337 e. The molecular weight excluding hydrogens is 442 g/mol. The van der Waals surface area contributed by atoms with E-state index in [1.807, 2.05) is 22.4 Å². The third-order valence-corrected chi connectivity index (χ3v) is 8.80. The van der Waals surface area contributed by atoms with Crippen molar-refractivity contribution in [2.45, 2.75) is 50.0 Å². The Bertz CT molecular complexity index is 986. The summed E-state index contributed by atoms with van der Waals surface area (Å²) in [5.41, 5.74) is 0.435. The Kier molecular flexibility index (Phi) is 7.99. The van der Waals surface area contributed by atoms with Crippen LogP contribution < -0.4 is 4.72 Å². The van der Waals surface area contributed by atoms with Gasteiger partial charge in [-0.05, 0) is 61.4 Å². The average Bonchev–Trinajstić information content (AvgIpc) is 3.24. The molecule has 0 atom stereocenters. The monoisotopic (exact) mass is 475 g/mol. The van der Waals surface area contributed by atoms with E-state index in [1.165, 1.54) is 49.5 Å². The fourth-order valence-corrected chi connectivity index (χ4v) is 6.52. The average molecular weight is 476 g/mol. The maximum Gasteiger partial charge on any atom is 0.253 e. The number of carbonyl (C=O) groups excluding carboxylic acids is 1. The van der Waals surface area contributed by atoms with Crippen LogP contribution in [-0.2, 0) is 16.6 Å². The van der Waals surface area contributed by atoms with Gasteiger partial charge in [-0.25, -0.2) is 13.1 Å². The van der Waals surface area contributed by atoms with E-state index in [2.05, 4.69) is 9.62 Å². The van der Waals surface area contributed by atoms with Crippen molar-refractivity contribution in [1.29, 1.82) is 0 Å². The summed E-state index contributed by atoms with van der Waals surface area (Å²) in [6.07, 6.45) is 7.70. The first-order valence-corrected chi connectivity index (χ1v) is 14.0. The van der Waals surface area contributed by atoms with Gasteiger partial charge in [0.1, 0.15) is 0 Å². The van der Waals surface area contributed by atoms with Gasteiger partial charge >= 0.3 is 0 Å². The van der Waals surface area contributed by atoms with Crippen LogP contribution in [0.1, 0.15) is 53.8 Å². The fourth-order valence-electron chi connectivity index (χ4n) is 4.73. The van der Waals surface area contributed by atoms with Crippen molar-refractivity contribution >= 4 is 27.3 Å². The third kappa shape index (κ3) is 6.19. The number of amides is 1. The van der Waals surface area contributed by atoms with Crippen LogP contribution in [0.5, 0.6) is 0 Å². The molecule has 2 fully saturated rings. The zero-order valence-corrected chi connectivity index (χ0v) is 20.2. The molecular formula is C24H33N3O3S2. The van der Waals surface area contributed by atoms with Gasteiger partial charge in [0.2, 0.25) is 10.0 Å². The molecule has 2 aromatic rings. The number of hydrogen-bond acceptors (Lipinski definition) is 5. The summed E-state index contributed by atoms with van der Waals surface area (Å²) in [4.78, 5) is 18.6. The van der Waals surface area contributed by atoms with Crippen LogP contribution in [0.3, 0.4) is 0 Å². The molecule has 1 saturated carbocycles. The summed E-state index contributed by atoms with van der Waals surface area (Å²) in [6, 6.07) is 10.2. The minimum absolute atomic E-state index is 0.0835. The molecule has 1 aliphatic heterocycles. The van der Waals surface area contributed by atoms with Crippen LogP contribution in [0.15, 0.2) is 46.7 Å². The molecule has 1 aromatic carbocycles. The van der Waals surface area contributed by atoms with Crippen molar-refractivity contribution in [2.24, 2.45) is 5.92 Å². The van der Waals surface area contributed by atoms with Crippen LogP contribution in [0.2, 0.25) is 0 Å². The zero-order valence-electron chi connectivity index (χ0n) is 18.5. The van der Waals surface area contributed by atoms with Crippen molar-refractivity contribution in [3.8, 4) is 0 Å². The van der Waals surface area contributed by atoms with Gasteiger partial charge in [0.25, 0.3) is 5.91 Å². The van der Waals surface area contributed by atoms with Crippen molar-refractivity contribution in [3.05, 3.63) is 52.2 Å². The first-order chi connectivity index (χ1) is 15.5. The number of nitrogens with zero attached hydrogens (tertiary/aromatic N) is 2. The maximum atomic E-state index is 13.2. The zero-order chi connectivity index (χ0) is 22.4. The summed E-state index contributed by atoms with van der Waals surface area (Å²) >= 11 is 1.51. The van der Waals surface area contributed by atoms with Gasteiger partial charge in [0.05, 0.1) is 4.90 Å². The Labute approximate surface area is 195 Å². The molecule has 0 spiro atoms. The van der Waals surface area contributed by atoms with Gasteiger partial charge in [-0.3, -0.25) is 4.79 Å². The second-order valence-corrected chi connectivity index (χ2v) is 11.7. The number of thiophene rings is 1. The van der Waals surface area contributed by atoms with Gasteiger partial charge in [0.15, 0.2) is 0 Å². The number of nitrogens with one attached hydrogen (secondary N) is 1. The van der Waals surface area contributed by atoms with E-state index in [4.69, 9.17) is 0 Å². The second-order valence-electron chi connectivity index (χ2n) is 8.88. The molecule has 0 bridgehead atoms. The standard InChI is InChI=1S/C24H33N3O3S2/c28-24(27-13-6-12-26(14-15-27)19-20-7-2-1-3-8-20)21-9-4-11-23(17-21)32(29,30)25-18-22-10-5-16-31-22/h4-5,9-11,16-17,20,25H,1-3,6-8,12-15,18-19H2. The van der Waals surface area contributed by atoms with Gasteiger partial charge in [-0.2, -0.15) is 0 Å². The Balaban J connectivity index is 1.36. The van der Waals surface area contributed by atoms with E-state index in [9.17, 15) is 13.2 Å². The smallest absolute Gasteiger partial charge is 0.253 e. The van der Waals surface area contributed by atoms with Gasteiger partial charge in [-0.1, -0.05) is 31.4 Å². The van der Waals surface area contributed by atoms with Crippen molar-refractivity contribution in [3.63, 3.8) is 0 Å². The van der Waals surface area contributed by atoms with Crippen LogP contribution in [0.25, 0.3) is 0 Å². The van der Waals surface area contributed by atoms with Crippen molar-refractivity contribution in [2.75, 3.05) is 32.7 Å². The number of hydrogen-bond donors (Lipinski definition) is 1. The lowest BCUT2D eigenvalue weighted by Gasteiger charge is -2.28. The highest BCUT2D eigenvalue weighted by atomic mass is 32.2. The lowest BCUT2D eigenvalue weighted by atomic mass is 9.89. The Morgan fingerprint density at radius 1 is 1.00 bits per heavy atom. The number of carbonyl (C=O) groups is 1. The minimum Gasteiger partial charge on any atom is -0.337 e. The molecule has 1 aromatic heterocycles. The molecule has 1 N–H and O–H groups in total. The predicted octanol–water partition coefficient (Wildman–Crippen LogP) is 3.95. The number of benzene rings is 1. The molecule has 1 saturated heterocycles. The molecule has 32 heavy (non-hydrogen) atoms. The molecule has 8 heteroatoms. The molecule has 4 rings (SSSR count). The molecule has 1 amide bonds. The quantitative estimate of drug-likeness (QED) is 0.658. The maximum absolute atomic E-state index is 13.2. The molecule has 174 valence electrons. The third-order valence-electron chi connectivity index (χ3n) is 6.52. The molecule has 6 nitrogen and oxygen atoms in total. The SMILES string of the molecule is O=C(c1cccc(S(=O)(=O)NCc2cccs2)c1)N1CCCN(CC2CCCCC2)CC1. The Morgan fingerprint density at radius 3 is 2.62 bits per heavy atom. The van der Waals surface area contributed by atoms with Crippen LogP contribution >= 0.6 is 11.3 Å². The van der Waals surface area contributed by atoms with Gasteiger partial charge < -0.3 is 9.80 Å². The highest BCUT2D eigenvalue weighted by molar-refractivity contribution is 7.89. The van der Waals surface area contributed by atoms with Crippen LogP contribution in [-0.4, -0.2) is 56.8 Å². The van der Waals surface area contributed by atoms with E-state index in [-0.39, 0.29) is 17.3 Å². The number of sulfonamides is 1. The Hall–Kier alpha value is -1.74. The minimum atomic E-state index is -3.68. The first-order valence-electron chi connectivity index (χ1n) is 11.6. The fraction of sp³-hybridized carbons (Fsp3) is 0.542. The van der Waals surface area contributed by atoms with E-state index >= 15 is 0 Å². The number of rotatable bonds is 7. The highest BCUT2D eigenvalue weighted by Gasteiger charge is 2.24. The summed E-state index contributed by atoms with van der Waals surface area (Å²) < 4.78 is 28.1. The molecule has 0 unspecified atom stereocenters.